The number of allylic oxidation sites excluding steroid dienone is 3. The molecule has 1 aliphatic carbocycles. The third kappa shape index (κ3) is 6.47. The number of thioether (sulfide) groups is 1. The van der Waals surface area contributed by atoms with Crippen molar-refractivity contribution in [3.05, 3.63) is 88.5 Å². The molecule has 4 rings (SSSR count). The van der Waals surface area contributed by atoms with E-state index >= 15 is 0 Å². The van der Waals surface area contributed by atoms with Crippen molar-refractivity contribution >= 4 is 35.2 Å². The van der Waals surface area contributed by atoms with E-state index in [1.807, 2.05) is 30.0 Å². The van der Waals surface area contributed by atoms with Crippen molar-refractivity contribution in [2.75, 3.05) is 18.6 Å². The van der Waals surface area contributed by atoms with E-state index in [1.54, 1.807) is 0 Å². The lowest BCUT2D eigenvalue weighted by Gasteiger charge is -2.19. The van der Waals surface area contributed by atoms with Gasteiger partial charge < -0.3 is 9.47 Å². The number of ether oxygens (including phenoxy) is 2. The van der Waals surface area contributed by atoms with Crippen molar-refractivity contribution in [3.8, 4) is 11.5 Å². The van der Waals surface area contributed by atoms with E-state index in [0.717, 1.165) is 54.3 Å². The Bertz CT molecular complexity index is 1180. The number of rotatable bonds is 11. The summed E-state index contributed by atoms with van der Waals surface area (Å²) in [6.45, 7) is 11.4. The quantitative estimate of drug-likeness (QED) is 0.235. The van der Waals surface area contributed by atoms with E-state index in [0.29, 0.717) is 6.42 Å². The zero-order valence-corrected chi connectivity index (χ0v) is 23.9. The van der Waals surface area contributed by atoms with Crippen LogP contribution in [0, 0.1) is 13.8 Å². The first-order chi connectivity index (χ1) is 17.9. The van der Waals surface area contributed by atoms with Crippen LogP contribution in [-0.4, -0.2) is 30.6 Å². The van der Waals surface area contributed by atoms with Gasteiger partial charge in [-0.3, -0.25) is 9.52 Å². The Balaban J connectivity index is 1.51. The van der Waals surface area contributed by atoms with Crippen LogP contribution in [0.5, 0.6) is 11.5 Å². The molecule has 4 nitrogen and oxygen atoms in total. The fourth-order valence-corrected chi connectivity index (χ4v) is 6.52. The molecule has 0 saturated carbocycles. The molecule has 1 saturated heterocycles. The first-order valence-corrected chi connectivity index (χ1v) is 15.2. The zero-order chi connectivity index (χ0) is 26.4. The van der Waals surface area contributed by atoms with E-state index < -0.39 is 0 Å². The summed E-state index contributed by atoms with van der Waals surface area (Å²) in [6, 6.07) is 12.5. The normalized spacial score (nSPS) is 19.8. The molecule has 196 valence electrons. The molecule has 2 atom stereocenters. The molecule has 1 aliphatic heterocycles. The van der Waals surface area contributed by atoms with Gasteiger partial charge in [0, 0.05) is 6.42 Å². The van der Waals surface area contributed by atoms with Crippen LogP contribution < -0.4 is 14.2 Å². The highest BCUT2D eigenvalue weighted by Gasteiger charge is 2.29. The Hall–Kier alpha value is -2.57. The first kappa shape index (κ1) is 27.5. The monoisotopic (exact) mass is 535 g/mol. The molecule has 1 fully saturated rings. The predicted molar refractivity (Wildman–Crippen MR) is 158 cm³/mol. The van der Waals surface area contributed by atoms with Gasteiger partial charge in [-0.15, -0.1) is 0 Å². The van der Waals surface area contributed by atoms with Gasteiger partial charge in [0.25, 0.3) is 0 Å². The van der Waals surface area contributed by atoms with Crippen LogP contribution in [0.4, 0.5) is 0 Å². The van der Waals surface area contributed by atoms with Crippen LogP contribution >= 0.6 is 23.7 Å². The van der Waals surface area contributed by atoms with Gasteiger partial charge in [0.05, 0.1) is 11.9 Å². The lowest BCUT2D eigenvalue weighted by Crippen LogP contribution is -2.14. The minimum absolute atomic E-state index is 0.0305. The highest BCUT2D eigenvalue weighted by atomic mass is 32.2. The van der Waals surface area contributed by atoms with Gasteiger partial charge in [0.2, 0.25) is 5.91 Å². The molecule has 2 aromatic rings. The summed E-state index contributed by atoms with van der Waals surface area (Å²) in [5.41, 5.74) is 8.59. The van der Waals surface area contributed by atoms with Crippen molar-refractivity contribution < 1.29 is 14.3 Å². The minimum atomic E-state index is -0.0305. The third-order valence-electron chi connectivity index (χ3n) is 6.94. The predicted octanol–water partition coefficient (Wildman–Crippen LogP) is 7.77. The lowest BCUT2D eigenvalue weighted by molar-refractivity contribution is -0.118. The number of hydrogen-bond donors (Lipinski definition) is 1. The van der Waals surface area contributed by atoms with Gasteiger partial charge in [-0.05, 0) is 127 Å². The fraction of sp³-hybridized carbons (Fsp3) is 0.387. The molecular formula is C31H37NO3S2. The maximum absolute atomic E-state index is 11.5. The Morgan fingerprint density at radius 3 is 2.51 bits per heavy atom. The Morgan fingerprint density at radius 1 is 1.19 bits per heavy atom. The second-order valence-electron chi connectivity index (χ2n) is 9.52. The zero-order valence-electron chi connectivity index (χ0n) is 22.3. The molecule has 6 heteroatoms. The van der Waals surface area contributed by atoms with Crippen LogP contribution in [-0.2, 0) is 4.79 Å². The highest BCUT2D eigenvalue weighted by Crippen LogP contribution is 2.42. The number of nitrogens with one attached hydrogen (secondary N) is 1. The first-order valence-electron chi connectivity index (χ1n) is 12.9. The summed E-state index contributed by atoms with van der Waals surface area (Å²) in [4.78, 5) is 11.5. The molecule has 0 radical (unpaired) electrons. The number of carbonyl (C=O) groups excluding carboxylic acids is 1. The van der Waals surface area contributed by atoms with Gasteiger partial charge in [-0.2, -0.15) is 11.8 Å². The molecule has 37 heavy (non-hydrogen) atoms. The van der Waals surface area contributed by atoms with E-state index in [4.69, 9.17) is 9.47 Å². The SMILES string of the molecule is C=CC1=C(/C(=C\C)c2c(C)cc(OCCCSC)cc2C)CCC1Oc1ccc(C2CC(=O)NS2)cc1. The number of benzene rings is 2. The van der Waals surface area contributed by atoms with Crippen LogP contribution in [0.1, 0.15) is 60.1 Å². The van der Waals surface area contributed by atoms with Crippen molar-refractivity contribution in [2.24, 2.45) is 0 Å². The molecule has 0 bridgehead atoms. The second kappa shape index (κ2) is 12.8. The maximum atomic E-state index is 11.5. The van der Waals surface area contributed by atoms with Crippen LogP contribution in [0.3, 0.4) is 0 Å². The highest BCUT2D eigenvalue weighted by molar-refractivity contribution is 7.98. The molecule has 2 aromatic carbocycles. The lowest BCUT2D eigenvalue weighted by atomic mass is 9.88. The Labute approximate surface area is 230 Å². The van der Waals surface area contributed by atoms with E-state index in [9.17, 15) is 4.79 Å². The van der Waals surface area contributed by atoms with Crippen LogP contribution in [0.25, 0.3) is 5.57 Å². The Morgan fingerprint density at radius 2 is 1.92 bits per heavy atom. The Kier molecular flexibility index (Phi) is 9.49. The number of aryl methyl sites for hydroxylation is 2. The summed E-state index contributed by atoms with van der Waals surface area (Å²) in [5.74, 6) is 2.99. The third-order valence-corrected chi connectivity index (χ3v) is 8.70. The maximum Gasteiger partial charge on any atom is 0.231 e. The van der Waals surface area contributed by atoms with Gasteiger partial charge in [-0.25, -0.2) is 0 Å². The fourth-order valence-electron chi connectivity index (χ4n) is 5.23. The van der Waals surface area contributed by atoms with Crippen LogP contribution in [0.15, 0.2) is 66.3 Å². The minimum Gasteiger partial charge on any atom is -0.494 e. The van der Waals surface area contributed by atoms with E-state index in [-0.39, 0.29) is 17.3 Å². The summed E-state index contributed by atoms with van der Waals surface area (Å²) in [6.07, 6.45) is 9.72. The second-order valence-corrected chi connectivity index (χ2v) is 11.5. The molecule has 0 spiro atoms. The van der Waals surface area contributed by atoms with Crippen molar-refractivity contribution in [1.82, 2.24) is 4.72 Å². The van der Waals surface area contributed by atoms with Gasteiger partial charge in [0.15, 0.2) is 0 Å². The average Bonchev–Trinajstić information content (AvgIpc) is 3.50. The van der Waals surface area contributed by atoms with Gasteiger partial charge in [0.1, 0.15) is 17.6 Å². The summed E-state index contributed by atoms with van der Waals surface area (Å²) < 4.78 is 15.3. The number of hydrogen-bond acceptors (Lipinski definition) is 5. The summed E-state index contributed by atoms with van der Waals surface area (Å²) in [7, 11) is 0. The molecule has 1 heterocycles. The number of amides is 1. The van der Waals surface area contributed by atoms with Crippen molar-refractivity contribution in [3.63, 3.8) is 0 Å². The largest absolute Gasteiger partial charge is 0.494 e. The molecule has 0 aromatic heterocycles. The van der Waals surface area contributed by atoms with Gasteiger partial charge >= 0.3 is 0 Å². The molecular weight excluding hydrogens is 498 g/mol. The van der Waals surface area contributed by atoms with Gasteiger partial charge in [-0.1, -0.05) is 30.9 Å². The van der Waals surface area contributed by atoms with E-state index in [1.165, 1.54) is 39.8 Å². The number of carbonyl (C=O) groups is 1. The standard InChI is InChI=1S/C31H37NO3S2/c1-6-25-27(26(7-2)31-20(3)17-24(18-21(31)4)34-15-8-16-36-5)13-14-28(25)35-23-11-9-22(10-12-23)29-19-30(33)32-37-29/h6-7,9-12,17-18,28-29H,1,8,13-16,19H2,2-5H3,(H,32,33)/b26-7+. The summed E-state index contributed by atoms with van der Waals surface area (Å²) in [5, 5.41) is 0.166. The topological polar surface area (TPSA) is 47.6 Å². The molecule has 2 aliphatic rings. The van der Waals surface area contributed by atoms with Crippen molar-refractivity contribution in [1.29, 1.82) is 0 Å². The average molecular weight is 536 g/mol. The smallest absolute Gasteiger partial charge is 0.231 e. The van der Waals surface area contributed by atoms with Crippen molar-refractivity contribution in [2.45, 2.75) is 57.8 Å². The van der Waals surface area contributed by atoms with Crippen LogP contribution in [0.2, 0.25) is 0 Å². The molecule has 1 N–H and O–H groups in total. The summed E-state index contributed by atoms with van der Waals surface area (Å²) >= 11 is 3.33. The molecule has 1 amide bonds. The van der Waals surface area contributed by atoms with E-state index in [2.05, 4.69) is 68.7 Å². The molecule has 2 unspecified atom stereocenters.